The third-order valence-electron chi connectivity index (χ3n) is 1.26. The molecule has 0 fully saturated rings. The van der Waals surface area contributed by atoms with E-state index < -0.39 is 27.3 Å². The van der Waals surface area contributed by atoms with Crippen LogP contribution in [0.5, 0.6) is 0 Å². The summed E-state index contributed by atoms with van der Waals surface area (Å²) in [6.45, 7) is 0. The zero-order valence-electron chi connectivity index (χ0n) is 6.58. The number of carboxylic acid groups (broad SMARTS) is 1. The first-order valence-electron chi connectivity index (χ1n) is 3.29. The summed E-state index contributed by atoms with van der Waals surface area (Å²) < 4.78 is 20.8. The summed E-state index contributed by atoms with van der Waals surface area (Å²) in [7, 11) is -4.37. The van der Waals surface area contributed by atoms with Crippen molar-refractivity contribution < 1.29 is 23.9 Å². The fourth-order valence-corrected chi connectivity index (χ4v) is 2.09. The molecule has 0 aliphatic heterocycles. The fourth-order valence-electron chi connectivity index (χ4n) is 0.551. The number of hydrogen-bond donors (Lipinski definition) is 3. The minimum atomic E-state index is -3.70. The molecule has 0 heterocycles. The summed E-state index contributed by atoms with van der Waals surface area (Å²) in [5, 5.41) is 10.1. The van der Waals surface area contributed by atoms with Crippen LogP contribution in [0.2, 0.25) is 0 Å². The SMILES string of the molecule is NC(CCP(=O)(O)C#P=O)C(=O)O. The number of nitrogens with two attached hydrogens (primary N) is 1. The standard InChI is InChI=1S/C5H9NO5P2/c6-4(5(7)8)1-2-13(10,11)3-12-9/h4H,1-2,6H2,(H,7,8)(H,10,11). The maximum atomic E-state index is 10.9. The molecular weight excluding hydrogens is 216 g/mol. The fraction of sp³-hybridized carbons (Fsp3) is 0.600. The molecule has 2 atom stereocenters. The van der Waals surface area contributed by atoms with Crippen molar-refractivity contribution in [2.45, 2.75) is 12.5 Å². The molecule has 2 unspecified atom stereocenters. The molecule has 0 rings (SSSR count). The van der Waals surface area contributed by atoms with Crippen molar-refractivity contribution in [1.29, 1.82) is 0 Å². The van der Waals surface area contributed by atoms with E-state index in [2.05, 4.69) is 0 Å². The summed E-state index contributed by atoms with van der Waals surface area (Å²) in [6.07, 6.45) is -0.471. The molecule has 4 N–H and O–H groups in total. The summed E-state index contributed by atoms with van der Waals surface area (Å²) in [6, 6.07) is -1.18. The second kappa shape index (κ2) is 5.38. The maximum absolute atomic E-state index is 10.9. The quantitative estimate of drug-likeness (QED) is 0.591. The second-order valence-electron chi connectivity index (χ2n) is 2.35. The normalized spacial score (nSPS) is 16.8. The Morgan fingerprint density at radius 1 is 1.69 bits per heavy atom. The number of aliphatic carboxylic acids is 1. The molecule has 0 aliphatic carbocycles. The van der Waals surface area contributed by atoms with Gasteiger partial charge < -0.3 is 0 Å². The van der Waals surface area contributed by atoms with E-state index in [4.69, 9.17) is 15.7 Å². The van der Waals surface area contributed by atoms with Crippen LogP contribution in [0.3, 0.4) is 0 Å². The first kappa shape index (κ1) is 12.6. The Morgan fingerprint density at radius 3 is 2.62 bits per heavy atom. The second-order valence-corrected chi connectivity index (χ2v) is 5.18. The average molecular weight is 225 g/mol. The first-order chi connectivity index (χ1) is 5.89. The van der Waals surface area contributed by atoms with Crippen LogP contribution < -0.4 is 5.73 Å². The van der Waals surface area contributed by atoms with E-state index in [9.17, 15) is 13.9 Å². The van der Waals surface area contributed by atoms with Crippen LogP contribution in [-0.4, -0.2) is 28.2 Å². The molecule has 0 bridgehead atoms. The molecule has 0 aromatic heterocycles. The van der Waals surface area contributed by atoms with Gasteiger partial charge in [0, 0.05) is 0 Å². The Morgan fingerprint density at radius 2 is 2.23 bits per heavy atom. The van der Waals surface area contributed by atoms with Crippen LogP contribution in [0, 0.1) is 5.37 Å². The third kappa shape index (κ3) is 5.81. The first-order valence-corrected chi connectivity index (χ1v) is 5.94. The Labute approximate surface area is 75.7 Å². The van der Waals surface area contributed by atoms with Gasteiger partial charge in [-0.05, 0) is 0 Å². The van der Waals surface area contributed by atoms with Crippen molar-refractivity contribution >= 4 is 21.3 Å². The van der Waals surface area contributed by atoms with Gasteiger partial charge in [0.15, 0.2) is 0 Å². The van der Waals surface area contributed by atoms with Gasteiger partial charge in [-0.3, -0.25) is 0 Å². The van der Waals surface area contributed by atoms with Crippen molar-refractivity contribution in [1.82, 2.24) is 0 Å². The van der Waals surface area contributed by atoms with Gasteiger partial charge >= 0.3 is 74.9 Å². The van der Waals surface area contributed by atoms with Gasteiger partial charge in [0.25, 0.3) is 0 Å². The van der Waals surface area contributed by atoms with Gasteiger partial charge in [-0.1, -0.05) is 0 Å². The molecule has 8 heteroatoms. The van der Waals surface area contributed by atoms with E-state index in [1.165, 1.54) is 0 Å². The topological polar surface area (TPSA) is 118 Å². The van der Waals surface area contributed by atoms with E-state index >= 15 is 0 Å². The van der Waals surface area contributed by atoms with Crippen LogP contribution in [0.1, 0.15) is 6.42 Å². The van der Waals surface area contributed by atoms with Gasteiger partial charge in [-0.2, -0.15) is 0 Å². The predicted octanol–water partition coefficient (Wildman–Crippen LogP) is 0.267. The monoisotopic (exact) mass is 225 g/mol. The van der Waals surface area contributed by atoms with Gasteiger partial charge in [-0.25, -0.2) is 0 Å². The summed E-state index contributed by atoms with van der Waals surface area (Å²) in [5.41, 5.74) is 5.08. The van der Waals surface area contributed by atoms with E-state index in [-0.39, 0.29) is 12.6 Å². The van der Waals surface area contributed by atoms with Crippen LogP contribution in [0.4, 0.5) is 0 Å². The zero-order valence-corrected chi connectivity index (χ0v) is 8.37. The summed E-state index contributed by atoms with van der Waals surface area (Å²) in [5.74, 6) is -1.24. The van der Waals surface area contributed by atoms with Gasteiger partial charge in [-0.15, -0.1) is 0 Å². The molecule has 0 amide bonds. The number of carboxylic acids is 1. The Hall–Kier alpha value is -0.370. The summed E-state index contributed by atoms with van der Waals surface area (Å²) >= 11 is 0. The van der Waals surface area contributed by atoms with Crippen LogP contribution in [-0.2, 0) is 13.9 Å². The van der Waals surface area contributed by atoms with Crippen molar-refractivity contribution in [2.24, 2.45) is 5.73 Å². The van der Waals surface area contributed by atoms with Crippen molar-refractivity contribution in [3.05, 3.63) is 0 Å². The molecule has 0 saturated carbocycles. The average Bonchev–Trinajstić information content (AvgIpc) is 2.00. The van der Waals surface area contributed by atoms with E-state index in [0.29, 0.717) is 0 Å². The summed E-state index contributed by atoms with van der Waals surface area (Å²) in [4.78, 5) is 19.1. The molecule has 13 heavy (non-hydrogen) atoms. The molecular formula is C5H9NO5P2. The van der Waals surface area contributed by atoms with Crippen LogP contribution >= 0.6 is 15.3 Å². The number of rotatable bonds is 4. The number of carbonyl (C=O) groups is 1. The van der Waals surface area contributed by atoms with Gasteiger partial charge in [0.2, 0.25) is 0 Å². The van der Waals surface area contributed by atoms with E-state index in [1.54, 1.807) is 5.37 Å². The van der Waals surface area contributed by atoms with Crippen molar-refractivity contribution in [3.8, 4) is 5.37 Å². The van der Waals surface area contributed by atoms with Gasteiger partial charge in [0.05, 0.1) is 0 Å². The molecule has 0 saturated heterocycles. The zero-order chi connectivity index (χ0) is 10.5. The van der Waals surface area contributed by atoms with Crippen LogP contribution in [0.25, 0.3) is 0 Å². The van der Waals surface area contributed by atoms with Crippen molar-refractivity contribution in [2.75, 3.05) is 6.16 Å². The van der Waals surface area contributed by atoms with Crippen LogP contribution in [0.15, 0.2) is 0 Å². The molecule has 74 valence electrons. The molecule has 0 aliphatic rings. The Bertz CT molecular complexity index is 334. The molecule has 0 aromatic carbocycles. The Kier molecular flexibility index (Phi) is 5.23. The minimum absolute atomic E-state index is 0.147. The molecule has 0 spiro atoms. The molecule has 0 radical (unpaired) electrons. The van der Waals surface area contributed by atoms with E-state index in [0.717, 1.165) is 0 Å². The molecule has 6 nitrogen and oxygen atoms in total. The van der Waals surface area contributed by atoms with E-state index in [1.807, 2.05) is 0 Å². The predicted molar refractivity (Wildman–Crippen MR) is 46.4 cm³/mol. The van der Waals surface area contributed by atoms with Crippen molar-refractivity contribution in [3.63, 3.8) is 0 Å². The molecule has 0 aromatic rings. The third-order valence-corrected chi connectivity index (χ3v) is 3.70. The Balaban J connectivity index is 4.15. The van der Waals surface area contributed by atoms with Gasteiger partial charge in [0.1, 0.15) is 0 Å². The number of hydrogen-bond acceptors (Lipinski definition) is 4.